The van der Waals surface area contributed by atoms with Gasteiger partial charge in [0.05, 0.1) is 28.4 Å². The van der Waals surface area contributed by atoms with Crippen LogP contribution in [-0.2, 0) is 9.53 Å². The molecule has 10 heteroatoms. The summed E-state index contributed by atoms with van der Waals surface area (Å²) in [6, 6.07) is 12.8. The van der Waals surface area contributed by atoms with Crippen molar-refractivity contribution in [1.82, 2.24) is 9.78 Å². The molecule has 3 rings (SSSR count). The average molecular weight is 476 g/mol. The summed E-state index contributed by atoms with van der Waals surface area (Å²) in [5.41, 5.74) is 0.939. The molecular weight excluding hydrogens is 457 g/mol. The Morgan fingerprint density at radius 2 is 1.84 bits per heavy atom. The number of hydrogen-bond donors (Lipinski definition) is 1. The van der Waals surface area contributed by atoms with E-state index >= 15 is 0 Å². The molecule has 0 saturated heterocycles. The van der Waals surface area contributed by atoms with Crippen molar-refractivity contribution in [3.63, 3.8) is 0 Å². The minimum Gasteiger partial charge on any atom is -0.481 e. The highest BCUT2D eigenvalue weighted by molar-refractivity contribution is 6.42. The molecule has 3 aromatic rings. The second-order valence-corrected chi connectivity index (χ2v) is 7.39. The summed E-state index contributed by atoms with van der Waals surface area (Å²) in [6.07, 6.45) is 0. The average Bonchev–Trinajstić information content (AvgIpc) is 2.75. The summed E-state index contributed by atoms with van der Waals surface area (Å²) in [7, 11) is 0. The summed E-state index contributed by atoms with van der Waals surface area (Å²) in [4.78, 5) is 37.4. The Balaban J connectivity index is 1.86. The second-order valence-electron chi connectivity index (χ2n) is 6.58. The fourth-order valence-corrected chi connectivity index (χ4v) is 3.08. The SMILES string of the molecule is CCOC(=O)c1nn(-c2ccccc2C)c(=O)cc1OCC(=O)Nc1ccc(Cl)c(Cl)c1. The predicted octanol–water partition coefficient (Wildman–Crippen LogP) is 4.04. The van der Waals surface area contributed by atoms with Gasteiger partial charge in [0.2, 0.25) is 5.69 Å². The lowest BCUT2D eigenvalue weighted by atomic mass is 10.2. The first-order valence-corrected chi connectivity index (χ1v) is 10.3. The van der Waals surface area contributed by atoms with E-state index in [2.05, 4.69) is 10.4 Å². The third-order valence-electron chi connectivity index (χ3n) is 4.27. The maximum atomic E-state index is 12.7. The van der Waals surface area contributed by atoms with Crippen molar-refractivity contribution in [3.8, 4) is 11.4 Å². The van der Waals surface area contributed by atoms with Crippen molar-refractivity contribution in [3.05, 3.63) is 80.2 Å². The molecule has 1 aromatic heterocycles. The van der Waals surface area contributed by atoms with Gasteiger partial charge in [-0.05, 0) is 43.7 Å². The van der Waals surface area contributed by atoms with Gasteiger partial charge in [0.15, 0.2) is 12.4 Å². The maximum absolute atomic E-state index is 12.7. The van der Waals surface area contributed by atoms with Crippen LogP contribution >= 0.6 is 23.2 Å². The van der Waals surface area contributed by atoms with Crippen LogP contribution in [0.15, 0.2) is 53.3 Å². The molecule has 1 N–H and O–H groups in total. The molecule has 0 saturated carbocycles. The highest BCUT2D eigenvalue weighted by Crippen LogP contribution is 2.25. The number of nitrogens with zero attached hydrogens (tertiary/aromatic N) is 2. The fourth-order valence-electron chi connectivity index (χ4n) is 2.78. The molecule has 0 aliphatic carbocycles. The molecule has 166 valence electrons. The molecule has 32 heavy (non-hydrogen) atoms. The van der Waals surface area contributed by atoms with Crippen LogP contribution < -0.4 is 15.6 Å². The Morgan fingerprint density at radius 3 is 2.53 bits per heavy atom. The third-order valence-corrected chi connectivity index (χ3v) is 5.01. The smallest absolute Gasteiger partial charge is 0.362 e. The Labute approximate surface area is 193 Å². The van der Waals surface area contributed by atoms with E-state index in [-0.39, 0.29) is 23.1 Å². The lowest BCUT2D eigenvalue weighted by molar-refractivity contribution is -0.118. The molecule has 1 amide bonds. The first-order chi connectivity index (χ1) is 15.3. The van der Waals surface area contributed by atoms with Crippen molar-refractivity contribution in [2.45, 2.75) is 13.8 Å². The molecule has 0 aliphatic rings. The van der Waals surface area contributed by atoms with Gasteiger partial charge in [-0.2, -0.15) is 9.78 Å². The highest BCUT2D eigenvalue weighted by Gasteiger charge is 2.21. The number of nitrogens with one attached hydrogen (secondary N) is 1. The Bertz CT molecular complexity index is 1230. The lowest BCUT2D eigenvalue weighted by Crippen LogP contribution is -2.27. The fraction of sp³-hybridized carbons (Fsp3) is 0.182. The number of para-hydroxylation sites is 1. The minimum absolute atomic E-state index is 0.0985. The van der Waals surface area contributed by atoms with Crippen molar-refractivity contribution in [2.24, 2.45) is 0 Å². The van der Waals surface area contributed by atoms with Gasteiger partial charge < -0.3 is 14.8 Å². The first-order valence-electron chi connectivity index (χ1n) is 9.55. The standard InChI is InChI=1S/C22H19Cl2N3O5/c1-3-31-22(30)21-18(11-20(29)27(26-21)17-7-5-4-6-13(17)2)32-12-19(28)25-14-8-9-15(23)16(24)10-14/h4-11H,3,12H2,1-2H3,(H,25,28). The van der Waals surface area contributed by atoms with E-state index < -0.39 is 24.0 Å². The number of hydrogen-bond acceptors (Lipinski definition) is 6. The van der Waals surface area contributed by atoms with Crippen LogP contribution in [0.3, 0.4) is 0 Å². The van der Waals surface area contributed by atoms with Crippen LogP contribution in [-0.4, -0.2) is 34.9 Å². The molecule has 0 spiro atoms. The minimum atomic E-state index is -0.783. The molecule has 0 fully saturated rings. The highest BCUT2D eigenvalue weighted by atomic mass is 35.5. The summed E-state index contributed by atoms with van der Waals surface area (Å²) in [6.45, 7) is 3.06. The van der Waals surface area contributed by atoms with E-state index in [4.69, 9.17) is 32.7 Å². The van der Waals surface area contributed by atoms with E-state index in [9.17, 15) is 14.4 Å². The molecule has 0 aliphatic heterocycles. The number of aryl methyl sites for hydroxylation is 1. The van der Waals surface area contributed by atoms with Gasteiger partial charge in [0.25, 0.3) is 11.5 Å². The van der Waals surface area contributed by atoms with Gasteiger partial charge in [-0.25, -0.2) is 4.79 Å². The number of benzene rings is 2. The van der Waals surface area contributed by atoms with Crippen molar-refractivity contribution >= 4 is 40.8 Å². The van der Waals surface area contributed by atoms with Crippen LogP contribution in [0.1, 0.15) is 23.0 Å². The number of carbonyl (C=O) groups excluding carboxylic acids is 2. The monoisotopic (exact) mass is 475 g/mol. The van der Waals surface area contributed by atoms with Crippen molar-refractivity contribution < 1.29 is 19.1 Å². The second kappa shape index (κ2) is 10.3. The Hall–Kier alpha value is -3.36. The van der Waals surface area contributed by atoms with Crippen LogP contribution in [0.2, 0.25) is 10.0 Å². The van der Waals surface area contributed by atoms with Gasteiger partial charge in [-0.1, -0.05) is 41.4 Å². The molecule has 0 atom stereocenters. The zero-order valence-corrected chi connectivity index (χ0v) is 18.7. The van der Waals surface area contributed by atoms with Gasteiger partial charge in [-0.15, -0.1) is 0 Å². The number of aromatic nitrogens is 2. The van der Waals surface area contributed by atoms with Crippen molar-refractivity contribution in [1.29, 1.82) is 0 Å². The molecule has 8 nitrogen and oxygen atoms in total. The molecule has 2 aromatic carbocycles. The number of amides is 1. The van der Waals surface area contributed by atoms with E-state index in [1.807, 2.05) is 19.1 Å². The Kier molecular flexibility index (Phi) is 7.50. The topological polar surface area (TPSA) is 99.5 Å². The maximum Gasteiger partial charge on any atom is 0.362 e. The van der Waals surface area contributed by atoms with E-state index in [0.717, 1.165) is 16.3 Å². The van der Waals surface area contributed by atoms with Crippen LogP contribution in [0, 0.1) is 6.92 Å². The number of ether oxygens (including phenoxy) is 2. The van der Waals surface area contributed by atoms with E-state index in [0.29, 0.717) is 16.4 Å². The molecule has 0 bridgehead atoms. The van der Waals surface area contributed by atoms with Crippen LogP contribution in [0.5, 0.6) is 5.75 Å². The van der Waals surface area contributed by atoms with E-state index in [1.165, 1.54) is 12.1 Å². The van der Waals surface area contributed by atoms with Gasteiger partial charge in [0.1, 0.15) is 0 Å². The molecule has 0 unspecified atom stereocenters. The lowest BCUT2D eigenvalue weighted by Gasteiger charge is -2.13. The van der Waals surface area contributed by atoms with Crippen molar-refractivity contribution in [2.75, 3.05) is 18.5 Å². The summed E-state index contributed by atoms with van der Waals surface area (Å²) in [5.74, 6) is -1.49. The Morgan fingerprint density at radius 1 is 1.09 bits per heavy atom. The quantitative estimate of drug-likeness (QED) is 0.517. The number of esters is 1. The summed E-state index contributed by atoms with van der Waals surface area (Å²) >= 11 is 11.8. The summed E-state index contributed by atoms with van der Waals surface area (Å²) in [5, 5.41) is 7.36. The van der Waals surface area contributed by atoms with Crippen LogP contribution in [0.25, 0.3) is 5.69 Å². The first kappa shape index (κ1) is 23.3. The number of anilines is 1. The van der Waals surface area contributed by atoms with Gasteiger partial charge in [-0.3, -0.25) is 9.59 Å². The van der Waals surface area contributed by atoms with Crippen LogP contribution in [0.4, 0.5) is 5.69 Å². The number of carbonyl (C=O) groups is 2. The predicted molar refractivity (Wildman–Crippen MR) is 121 cm³/mol. The summed E-state index contributed by atoms with van der Waals surface area (Å²) < 4.78 is 11.6. The normalized spacial score (nSPS) is 10.5. The molecule has 0 radical (unpaired) electrons. The third kappa shape index (κ3) is 5.46. The number of rotatable bonds is 7. The zero-order valence-electron chi connectivity index (χ0n) is 17.2. The molecule has 1 heterocycles. The zero-order chi connectivity index (χ0) is 23.3. The largest absolute Gasteiger partial charge is 0.481 e. The number of halogens is 2. The molecular formula is C22H19Cl2N3O5. The van der Waals surface area contributed by atoms with Gasteiger partial charge in [0, 0.05) is 5.69 Å². The van der Waals surface area contributed by atoms with Gasteiger partial charge >= 0.3 is 5.97 Å². The van der Waals surface area contributed by atoms with E-state index in [1.54, 1.807) is 25.1 Å².